The van der Waals surface area contributed by atoms with Gasteiger partial charge in [0.25, 0.3) is 0 Å². The van der Waals surface area contributed by atoms with E-state index in [1.807, 2.05) is 51.1 Å². The van der Waals surface area contributed by atoms with Crippen molar-refractivity contribution in [2.45, 2.75) is 60.5 Å². The van der Waals surface area contributed by atoms with Gasteiger partial charge in [0.1, 0.15) is 11.5 Å². The Bertz CT molecular complexity index is 941. The fraction of sp³-hybridized carbons (Fsp3) is 0.577. The van der Waals surface area contributed by atoms with Gasteiger partial charge in [-0.2, -0.15) is 0 Å². The standard InChI is InChI=1S/C26H38N4O2/c1-18(2)16-29-13-10-14-30-21(17-29)23(28-24(30)19-11-8-7-9-12-19)22(31)15-20(25(32)27-6)26(3,4)5/h7-9,11-12,18,20H,10,13-17H2,1-6H3,(H,27,32)/t20-/m1/s1. The summed E-state index contributed by atoms with van der Waals surface area (Å²) in [6.45, 7) is 14.0. The van der Waals surface area contributed by atoms with Crippen LogP contribution in [0.4, 0.5) is 0 Å². The number of amides is 1. The number of nitrogens with zero attached hydrogens (tertiary/aromatic N) is 3. The lowest BCUT2D eigenvalue weighted by molar-refractivity contribution is -0.127. The number of hydrogen-bond donors (Lipinski definition) is 1. The number of hydrogen-bond acceptors (Lipinski definition) is 4. The van der Waals surface area contributed by atoms with Gasteiger partial charge < -0.3 is 9.88 Å². The second-order valence-electron chi connectivity index (χ2n) is 10.4. The normalized spacial score (nSPS) is 15.8. The molecule has 3 rings (SSSR count). The molecule has 0 aliphatic carbocycles. The average molecular weight is 439 g/mol. The molecule has 2 heterocycles. The minimum absolute atomic E-state index is 0.0501. The largest absolute Gasteiger partial charge is 0.359 e. The van der Waals surface area contributed by atoms with Crippen LogP contribution in [-0.2, 0) is 17.9 Å². The highest BCUT2D eigenvalue weighted by molar-refractivity contribution is 5.98. The third-order valence-corrected chi connectivity index (χ3v) is 6.22. The molecule has 6 heteroatoms. The van der Waals surface area contributed by atoms with Crippen molar-refractivity contribution < 1.29 is 9.59 Å². The fourth-order valence-corrected chi connectivity index (χ4v) is 4.58. The first-order chi connectivity index (χ1) is 15.1. The van der Waals surface area contributed by atoms with Gasteiger partial charge in [0, 0.05) is 45.2 Å². The Morgan fingerprint density at radius 1 is 1.12 bits per heavy atom. The third-order valence-electron chi connectivity index (χ3n) is 6.22. The van der Waals surface area contributed by atoms with Crippen LogP contribution in [0.2, 0.25) is 0 Å². The molecule has 1 amide bonds. The Morgan fingerprint density at radius 3 is 2.41 bits per heavy atom. The number of fused-ring (bicyclic) bond motifs is 1. The van der Waals surface area contributed by atoms with Crippen molar-refractivity contribution in [3.8, 4) is 11.4 Å². The van der Waals surface area contributed by atoms with Crippen molar-refractivity contribution in [3.63, 3.8) is 0 Å². The van der Waals surface area contributed by atoms with Crippen molar-refractivity contribution in [2.75, 3.05) is 20.1 Å². The third kappa shape index (κ3) is 5.47. The number of Topliss-reactive ketones (excluding diaryl/α,β-unsaturated/α-hetero) is 1. The van der Waals surface area contributed by atoms with Gasteiger partial charge in [-0.05, 0) is 17.8 Å². The molecule has 6 nitrogen and oxygen atoms in total. The van der Waals surface area contributed by atoms with Crippen LogP contribution in [0.3, 0.4) is 0 Å². The van der Waals surface area contributed by atoms with Gasteiger partial charge in [0.15, 0.2) is 5.78 Å². The Labute approximate surface area is 192 Å². The van der Waals surface area contributed by atoms with E-state index in [-0.39, 0.29) is 23.5 Å². The van der Waals surface area contributed by atoms with Crippen LogP contribution in [0.1, 0.15) is 63.6 Å². The Hall–Kier alpha value is -2.47. The predicted molar refractivity (Wildman–Crippen MR) is 128 cm³/mol. The number of carbonyl (C=O) groups excluding carboxylic acids is 2. The van der Waals surface area contributed by atoms with Gasteiger partial charge in [-0.25, -0.2) is 4.98 Å². The minimum Gasteiger partial charge on any atom is -0.359 e. The molecule has 0 radical (unpaired) electrons. The zero-order chi connectivity index (χ0) is 23.5. The highest BCUT2D eigenvalue weighted by Gasteiger charge is 2.35. The minimum atomic E-state index is -0.407. The number of ketones is 1. The Morgan fingerprint density at radius 2 is 1.81 bits per heavy atom. The van der Waals surface area contributed by atoms with E-state index in [4.69, 9.17) is 4.98 Å². The average Bonchev–Trinajstić information content (AvgIpc) is 2.96. The Kier molecular flexibility index (Phi) is 7.55. The molecule has 0 unspecified atom stereocenters. The molecule has 1 atom stereocenters. The summed E-state index contributed by atoms with van der Waals surface area (Å²) >= 11 is 0. The quantitative estimate of drug-likeness (QED) is 0.651. The van der Waals surface area contributed by atoms with Gasteiger partial charge in [-0.15, -0.1) is 0 Å². The van der Waals surface area contributed by atoms with Crippen LogP contribution in [0.15, 0.2) is 30.3 Å². The molecule has 1 N–H and O–H groups in total. The number of carbonyl (C=O) groups is 2. The van der Waals surface area contributed by atoms with Gasteiger partial charge in [-0.3, -0.25) is 14.5 Å². The lowest BCUT2D eigenvalue weighted by atomic mass is 9.77. The molecular formula is C26H38N4O2. The van der Waals surface area contributed by atoms with E-state index in [9.17, 15) is 9.59 Å². The highest BCUT2D eigenvalue weighted by atomic mass is 16.2. The SMILES string of the molecule is CNC(=O)[C@@H](CC(=O)c1nc(-c2ccccc2)n2c1CN(CC(C)C)CCC2)C(C)(C)C. The smallest absolute Gasteiger partial charge is 0.223 e. The second-order valence-corrected chi connectivity index (χ2v) is 10.4. The molecule has 0 spiro atoms. The molecule has 0 fully saturated rings. The van der Waals surface area contributed by atoms with Crippen LogP contribution < -0.4 is 5.32 Å². The first kappa shape index (κ1) is 24.2. The lowest BCUT2D eigenvalue weighted by Gasteiger charge is -2.28. The molecule has 1 aliphatic rings. The first-order valence-electron chi connectivity index (χ1n) is 11.7. The van der Waals surface area contributed by atoms with Gasteiger partial charge in [0.05, 0.1) is 11.6 Å². The number of rotatable bonds is 7. The van der Waals surface area contributed by atoms with E-state index in [1.165, 1.54) is 0 Å². The summed E-state index contributed by atoms with van der Waals surface area (Å²) in [4.78, 5) is 33.5. The van der Waals surface area contributed by atoms with Gasteiger partial charge in [0.2, 0.25) is 5.91 Å². The summed E-state index contributed by atoms with van der Waals surface area (Å²) in [7, 11) is 1.63. The maximum absolute atomic E-state index is 13.6. The van der Waals surface area contributed by atoms with Crippen LogP contribution in [0.5, 0.6) is 0 Å². The molecular weight excluding hydrogens is 400 g/mol. The molecule has 0 saturated carbocycles. The fourth-order valence-electron chi connectivity index (χ4n) is 4.58. The Balaban J connectivity index is 2.04. The first-order valence-corrected chi connectivity index (χ1v) is 11.7. The number of aromatic nitrogens is 2. The molecule has 174 valence electrons. The summed E-state index contributed by atoms with van der Waals surface area (Å²) < 4.78 is 2.23. The van der Waals surface area contributed by atoms with Gasteiger partial charge in [-0.1, -0.05) is 65.0 Å². The van der Waals surface area contributed by atoms with Crippen molar-refractivity contribution >= 4 is 11.7 Å². The highest BCUT2D eigenvalue weighted by Crippen LogP contribution is 2.32. The predicted octanol–water partition coefficient (Wildman–Crippen LogP) is 4.39. The molecule has 2 aromatic rings. The van der Waals surface area contributed by atoms with E-state index >= 15 is 0 Å². The topological polar surface area (TPSA) is 67.2 Å². The summed E-state index contributed by atoms with van der Waals surface area (Å²) in [6.07, 6.45) is 1.18. The van der Waals surface area contributed by atoms with E-state index < -0.39 is 5.92 Å². The molecule has 0 bridgehead atoms. The number of imidazole rings is 1. The second kappa shape index (κ2) is 9.99. The summed E-state index contributed by atoms with van der Waals surface area (Å²) in [5.74, 6) is 0.847. The van der Waals surface area contributed by atoms with E-state index in [1.54, 1.807) is 7.05 Å². The zero-order valence-corrected chi connectivity index (χ0v) is 20.4. The van der Waals surface area contributed by atoms with Crippen LogP contribution in [0.25, 0.3) is 11.4 Å². The number of benzene rings is 1. The molecule has 1 aromatic heterocycles. The summed E-state index contributed by atoms with van der Waals surface area (Å²) in [6, 6.07) is 10.1. The van der Waals surface area contributed by atoms with Crippen molar-refractivity contribution in [1.82, 2.24) is 19.8 Å². The lowest BCUT2D eigenvalue weighted by Crippen LogP contribution is -2.37. The van der Waals surface area contributed by atoms with Gasteiger partial charge >= 0.3 is 0 Å². The molecule has 32 heavy (non-hydrogen) atoms. The summed E-state index contributed by atoms with van der Waals surface area (Å²) in [5, 5.41) is 2.74. The summed E-state index contributed by atoms with van der Waals surface area (Å²) in [5.41, 5.74) is 2.20. The van der Waals surface area contributed by atoms with Crippen molar-refractivity contribution in [1.29, 1.82) is 0 Å². The number of nitrogens with one attached hydrogen (secondary N) is 1. The maximum Gasteiger partial charge on any atom is 0.223 e. The van der Waals surface area contributed by atoms with Crippen LogP contribution in [0, 0.1) is 17.3 Å². The maximum atomic E-state index is 13.6. The van der Waals surface area contributed by atoms with E-state index in [0.717, 1.165) is 43.1 Å². The van der Waals surface area contributed by atoms with E-state index in [2.05, 4.69) is 28.6 Å². The van der Waals surface area contributed by atoms with Crippen molar-refractivity contribution in [3.05, 3.63) is 41.7 Å². The van der Waals surface area contributed by atoms with E-state index in [0.29, 0.717) is 18.2 Å². The molecule has 1 aliphatic heterocycles. The van der Waals surface area contributed by atoms with Crippen molar-refractivity contribution in [2.24, 2.45) is 17.3 Å². The zero-order valence-electron chi connectivity index (χ0n) is 20.4. The van der Waals surface area contributed by atoms with Crippen LogP contribution >= 0.6 is 0 Å². The molecule has 0 saturated heterocycles. The molecule has 1 aromatic carbocycles. The van der Waals surface area contributed by atoms with Crippen LogP contribution in [-0.4, -0.2) is 46.3 Å². The monoisotopic (exact) mass is 438 g/mol.